The van der Waals surface area contributed by atoms with Crippen molar-refractivity contribution in [2.24, 2.45) is 5.92 Å². The molecule has 6 heteroatoms. The van der Waals surface area contributed by atoms with Gasteiger partial charge >= 0.3 is 0 Å². The van der Waals surface area contributed by atoms with Crippen LogP contribution in [0.5, 0.6) is 0 Å². The van der Waals surface area contributed by atoms with Crippen molar-refractivity contribution in [3.05, 3.63) is 81.4 Å². The normalized spacial score (nSPS) is 21.3. The third-order valence-electron chi connectivity index (χ3n) is 6.31. The Labute approximate surface area is 196 Å². The molecule has 0 saturated carbocycles. The summed E-state index contributed by atoms with van der Waals surface area (Å²) in [5, 5.41) is 25.9. The monoisotopic (exact) mass is 443 g/mol. The molecule has 0 aromatic heterocycles. The fourth-order valence-corrected chi connectivity index (χ4v) is 4.52. The number of amidine groups is 1. The zero-order valence-corrected chi connectivity index (χ0v) is 20.1. The predicted molar refractivity (Wildman–Crippen MR) is 132 cm³/mol. The Bertz CT molecular complexity index is 1130. The molecule has 33 heavy (non-hydrogen) atoms. The van der Waals surface area contributed by atoms with Gasteiger partial charge in [-0.25, -0.2) is 0 Å². The molecule has 1 fully saturated rings. The molecule has 2 aliphatic rings. The number of aryl methyl sites for hydroxylation is 2. The maximum Gasteiger partial charge on any atom is 0.258 e. The molecule has 1 heterocycles. The molecule has 0 bridgehead atoms. The smallest absolute Gasteiger partial charge is 0.258 e. The van der Waals surface area contributed by atoms with Crippen LogP contribution in [-0.2, 0) is 11.2 Å². The van der Waals surface area contributed by atoms with Gasteiger partial charge in [0.05, 0.1) is 11.6 Å². The molecule has 3 rings (SSSR count). The highest BCUT2D eigenvalue weighted by molar-refractivity contribution is 6.06. The fourth-order valence-electron chi connectivity index (χ4n) is 4.52. The van der Waals surface area contributed by atoms with Crippen LogP contribution in [0.15, 0.2) is 64.7 Å². The van der Waals surface area contributed by atoms with Crippen molar-refractivity contribution in [3.63, 3.8) is 0 Å². The Morgan fingerprint density at radius 2 is 2.03 bits per heavy atom. The summed E-state index contributed by atoms with van der Waals surface area (Å²) in [6, 6.07) is 8.69. The number of nitrogens with zero attached hydrogens (tertiary/aromatic N) is 1. The van der Waals surface area contributed by atoms with Crippen LogP contribution >= 0.6 is 0 Å². The van der Waals surface area contributed by atoms with E-state index in [2.05, 4.69) is 67.1 Å². The highest BCUT2D eigenvalue weighted by Crippen LogP contribution is 2.42. The molecule has 6 nitrogen and oxygen atoms in total. The van der Waals surface area contributed by atoms with Crippen molar-refractivity contribution < 1.29 is 4.79 Å². The number of fused-ring (bicyclic) bond motifs is 1. The second-order valence-electron chi connectivity index (χ2n) is 8.63. The third kappa shape index (κ3) is 5.25. The Morgan fingerprint density at radius 1 is 1.27 bits per heavy atom. The van der Waals surface area contributed by atoms with Gasteiger partial charge in [0.25, 0.3) is 5.91 Å². The van der Waals surface area contributed by atoms with Gasteiger partial charge < -0.3 is 16.0 Å². The Balaban J connectivity index is 1.97. The molecule has 0 radical (unpaired) electrons. The maximum atomic E-state index is 12.9. The maximum absolute atomic E-state index is 12.9. The van der Waals surface area contributed by atoms with Crippen LogP contribution in [0.2, 0.25) is 0 Å². The zero-order chi connectivity index (χ0) is 24.1. The van der Waals surface area contributed by atoms with Gasteiger partial charge in [0.15, 0.2) is 0 Å². The third-order valence-corrected chi connectivity index (χ3v) is 6.31. The lowest BCUT2D eigenvalue weighted by molar-refractivity contribution is -0.115. The molecule has 2 atom stereocenters. The van der Waals surface area contributed by atoms with Crippen molar-refractivity contribution in [3.8, 4) is 6.07 Å². The van der Waals surface area contributed by atoms with E-state index in [1.165, 1.54) is 16.7 Å². The van der Waals surface area contributed by atoms with Gasteiger partial charge in [-0.05, 0) is 62.3 Å². The molecular weight excluding hydrogens is 410 g/mol. The van der Waals surface area contributed by atoms with E-state index >= 15 is 0 Å². The van der Waals surface area contributed by atoms with Crippen molar-refractivity contribution in [1.29, 1.82) is 10.7 Å². The molecular formula is C27H33N5O. The van der Waals surface area contributed by atoms with Crippen LogP contribution in [-0.4, -0.2) is 18.3 Å². The minimum atomic E-state index is -0.150. The molecule has 172 valence electrons. The van der Waals surface area contributed by atoms with Crippen molar-refractivity contribution in [2.75, 3.05) is 6.54 Å². The van der Waals surface area contributed by atoms with E-state index in [0.717, 1.165) is 24.1 Å². The lowest BCUT2D eigenvalue weighted by Gasteiger charge is -2.28. The number of benzene rings is 1. The molecule has 4 N–H and O–H groups in total. The molecule has 1 aliphatic heterocycles. The quantitative estimate of drug-likeness (QED) is 0.216. The first-order valence-corrected chi connectivity index (χ1v) is 11.5. The average molecular weight is 444 g/mol. The summed E-state index contributed by atoms with van der Waals surface area (Å²) in [6.07, 6.45) is 7.99. The topological polar surface area (TPSA) is 101 Å². The van der Waals surface area contributed by atoms with E-state index in [9.17, 15) is 4.79 Å². The number of hydrogen-bond acceptors (Lipinski definition) is 4. The Morgan fingerprint density at radius 3 is 2.70 bits per heavy atom. The molecule has 1 amide bonds. The van der Waals surface area contributed by atoms with Crippen LogP contribution in [0.4, 0.5) is 0 Å². The van der Waals surface area contributed by atoms with E-state index in [-0.39, 0.29) is 24.2 Å². The highest BCUT2D eigenvalue weighted by atomic mass is 16.2. The molecule has 1 aromatic carbocycles. The van der Waals surface area contributed by atoms with Crippen LogP contribution in [0.25, 0.3) is 0 Å². The van der Waals surface area contributed by atoms with Gasteiger partial charge in [0, 0.05) is 28.6 Å². The van der Waals surface area contributed by atoms with Crippen LogP contribution < -0.4 is 16.0 Å². The summed E-state index contributed by atoms with van der Waals surface area (Å²) in [7, 11) is 0. The molecule has 1 aliphatic carbocycles. The summed E-state index contributed by atoms with van der Waals surface area (Å²) in [5.41, 5.74) is 7.55. The lowest BCUT2D eigenvalue weighted by Crippen LogP contribution is -2.24. The van der Waals surface area contributed by atoms with E-state index in [4.69, 9.17) is 10.7 Å². The second-order valence-corrected chi connectivity index (χ2v) is 8.63. The Hall–Kier alpha value is -3.59. The van der Waals surface area contributed by atoms with Gasteiger partial charge in [0.2, 0.25) is 0 Å². The first kappa shape index (κ1) is 24.1. The molecule has 0 spiro atoms. The number of amides is 1. The minimum Gasteiger partial charge on any atom is -0.376 e. The van der Waals surface area contributed by atoms with Crippen molar-refractivity contribution >= 4 is 11.7 Å². The number of carbonyl (C=O) groups excluding carboxylic acids is 1. The number of nitriles is 1. The standard InChI is InChI=1S/C27H33N5O/c1-6-19-9-8-16(3)21(13-19)22-15-23-24(14-20(22)7-2)32-27(33)26(23)18(5)31-25(29)12-17(4)30-11-10-28/h8-9,12-15,20,22,30H,6-7,11H2,1-5H3,(H2,29,31)(H,32,33)/b17-12-,26-18-. The van der Waals surface area contributed by atoms with Crippen molar-refractivity contribution in [1.82, 2.24) is 16.0 Å². The van der Waals surface area contributed by atoms with Crippen LogP contribution in [0.1, 0.15) is 56.7 Å². The number of rotatable bonds is 7. The average Bonchev–Trinajstić information content (AvgIpc) is 3.11. The zero-order valence-electron chi connectivity index (χ0n) is 20.1. The number of allylic oxidation sites excluding steroid dienone is 5. The largest absolute Gasteiger partial charge is 0.376 e. The number of hydrogen-bond donors (Lipinski definition) is 4. The fraction of sp³-hybridized carbons (Fsp3) is 0.370. The SMILES string of the molecule is CCc1ccc(C)c(C2C=C3C(=CC2CC)NC(=O)/C3=C(/C)NC(=N)/C=C(/C)NCC#N)c1. The predicted octanol–water partition coefficient (Wildman–Crippen LogP) is 4.48. The number of nitrogens with one attached hydrogen (secondary N) is 4. The first-order chi connectivity index (χ1) is 15.8. The highest BCUT2D eigenvalue weighted by Gasteiger charge is 2.35. The van der Waals surface area contributed by atoms with Gasteiger partial charge in [-0.15, -0.1) is 0 Å². The van der Waals surface area contributed by atoms with Gasteiger partial charge in [-0.1, -0.05) is 44.2 Å². The summed E-state index contributed by atoms with van der Waals surface area (Å²) < 4.78 is 0. The minimum absolute atomic E-state index is 0.150. The van der Waals surface area contributed by atoms with Crippen molar-refractivity contribution in [2.45, 2.75) is 53.4 Å². The van der Waals surface area contributed by atoms with Gasteiger partial charge in [0.1, 0.15) is 12.4 Å². The summed E-state index contributed by atoms with van der Waals surface area (Å²) in [4.78, 5) is 12.9. The van der Waals surface area contributed by atoms with E-state index < -0.39 is 0 Å². The Kier molecular flexibility index (Phi) is 7.55. The second kappa shape index (κ2) is 10.4. The van der Waals surface area contributed by atoms with E-state index in [1.54, 1.807) is 13.0 Å². The van der Waals surface area contributed by atoms with Crippen LogP contribution in [0, 0.1) is 29.6 Å². The lowest BCUT2D eigenvalue weighted by atomic mass is 9.76. The number of carbonyl (C=O) groups is 1. The summed E-state index contributed by atoms with van der Waals surface area (Å²) >= 11 is 0. The summed E-state index contributed by atoms with van der Waals surface area (Å²) in [6.45, 7) is 10.3. The molecule has 1 aromatic rings. The van der Waals surface area contributed by atoms with E-state index in [0.29, 0.717) is 22.9 Å². The van der Waals surface area contributed by atoms with E-state index in [1.807, 2.05) is 13.0 Å². The molecule has 1 saturated heterocycles. The molecule has 2 unspecified atom stereocenters. The van der Waals surface area contributed by atoms with Gasteiger partial charge in [-0.3, -0.25) is 10.2 Å². The first-order valence-electron chi connectivity index (χ1n) is 11.5. The van der Waals surface area contributed by atoms with Crippen LogP contribution in [0.3, 0.4) is 0 Å². The van der Waals surface area contributed by atoms with Gasteiger partial charge in [-0.2, -0.15) is 5.26 Å². The summed E-state index contributed by atoms with van der Waals surface area (Å²) in [5.74, 6) is 0.493.